The van der Waals surface area contributed by atoms with Crippen LogP contribution in [-0.2, 0) is 42.1 Å². The lowest BCUT2D eigenvalue weighted by Gasteiger charge is -2.15. The maximum Gasteiger partial charge on any atom is 0.354 e. The number of carbonyl (C=O) groups is 1. The fourth-order valence-corrected chi connectivity index (χ4v) is 5.51. The van der Waals surface area contributed by atoms with Gasteiger partial charge in [0, 0.05) is 12.2 Å². The Labute approximate surface area is 177 Å². The number of hydrogen-bond donors (Lipinski definition) is 2. The molecule has 6 nitrogen and oxygen atoms in total. The van der Waals surface area contributed by atoms with Crippen LogP contribution in [0.2, 0.25) is 0 Å². The molecule has 2 aliphatic carbocycles. The Morgan fingerprint density at radius 2 is 1.77 bits per heavy atom. The van der Waals surface area contributed by atoms with Crippen LogP contribution >= 0.6 is 0 Å². The van der Waals surface area contributed by atoms with Crippen molar-refractivity contribution in [1.82, 2.24) is 4.90 Å². The Hall–Kier alpha value is -2.29. The first-order valence-electron chi connectivity index (χ1n) is 10.2. The molecular formula is C22H27FN4O2S. The van der Waals surface area contributed by atoms with Gasteiger partial charge in [0.1, 0.15) is 15.7 Å². The van der Waals surface area contributed by atoms with Gasteiger partial charge in [0.25, 0.3) is 0 Å². The van der Waals surface area contributed by atoms with Gasteiger partial charge < -0.3 is 10.2 Å². The summed E-state index contributed by atoms with van der Waals surface area (Å²) in [5.74, 6) is -0.722. The van der Waals surface area contributed by atoms with E-state index in [2.05, 4.69) is 15.7 Å². The molecule has 30 heavy (non-hydrogen) atoms. The Morgan fingerprint density at radius 3 is 2.33 bits per heavy atom. The Balaban J connectivity index is 1.63. The molecule has 0 heterocycles. The van der Waals surface area contributed by atoms with Crippen LogP contribution in [0.25, 0.3) is 0 Å². The lowest BCUT2D eigenvalue weighted by Crippen LogP contribution is -2.20. The van der Waals surface area contributed by atoms with E-state index in [0.29, 0.717) is 6.54 Å². The second kappa shape index (κ2) is 8.09. The lowest BCUT2D eigenvalue weighted by atomic mass is 9.99. The minimum atomic E-state index is -3.71. The molecule has 0 unspecified atom stereocenters. The van der Waals surface area contributed by atoms with Gasteiger partial charge in [-0.15, -0.1) is 4.36 Å². The van der Waals surface area contributed by atoms with Gasteiger partial charge in [-0.25, -0.2) is 18.5 Å². The van der Waals surface area contributed by atoms with Crippen molar-refractivity contribution >= 4 is 21.6 Å². The molecule has 0 spiro atoms. The first-order chi connectivity index (χ1) is 14.2. The third-order valence-corrected chi connectivity index (χ3v) is 7.13. The molecule has 3 N–H and O–H groups in total. The molecule has 160 valence electrons. The first-order valence-corrected chi connectivity index (χ1v) is 11.8. The van der Waals surface area contributed by atoms with Crippen molar-refractivity contribution in [1.29, 1.82) is 0 Å². The molecule has 0 saturated heterocycles. The minimum absolute atomic E-state index is 0.260. The predicted molar refractivity (Wildman–Crippen MR) is 116 cm³/mol. The summed E-state index contributed by atoms with van der Waals surface area (Å²) in [5, 5.41) is 8.65. The maximum atomic E-state index is 14.6. The zero-order valence-corrected chi connectivity index (χ0v) is 18.2. The molecule has 2 aliphatic rings. The van der Waals surface area contributed by atoms with Gasteiger partial charge in [0.2, 0.25) is 0 Å². The Kier molecular flexibility index (Phi) is 5.65. The summed E-state index contributed by atoms with van der Waals surface area (Å²) in [4.78, 5) is 14.3. The monoisotopic (exact) mass is 430 g/mol. The van der Waals surface area contributed by atoms with Crippen molar-refractivity contribution in [2.75, 3.05) is 19.4 Å². The Morgan fingerprint density at radius 1 is 1.13 bits per heavy atom. The SMILES string of the molecule is CN(C)Cc1ccc([S@](N)(=O)=NC(=O)Nc2c3c(cc4c2CCC4)CCC3)c(F)c1. The zero-order valence-electron chi connectivity index (χ0n) is 17.3. The van der Waals surface area contributed by atoms with E-state index in [4.69, 9.17) is 5.14 Å². The Bertz CT molecular complexity index is 1100. The van der Waals surface area contributed by atoms with Gasteiger partial charge >= 0.3 is 6.03 Å². The molecule has 0 bridgehead atoms. The van der Waals surface area contributed by atoms with E-state index in [1.807, 2.05) is 19.0 Å². The quantitative estimate of drug-likeness (QED) is 0.773. The smallest absolute Gasteiger partial charge is 0.305 e. The highest BCUT2D eigenvalue weighted by atomic mass is 32.2. The summed E-state index contributed by atoms with van der Waals surface area (Å²) in [6.07, 6.45) is 5.91. The van der Waals surface area contributed by atoms with Crippen LogP contribution in [0.5, 0.6) is 0 Å². The molecule has 0 saturated carbocycles. The highest BCUT2D eigenvalue weighted by molar-refractivity contribution is 7.91. The lowest BCUT2D eigenvalue weighted by molar-refractivity contribution is 0.260. The van der Waals surface area contributed by atoms with Crippen molar-refractivity contribution in [3.63, 3.8) is 0 Å². The minimum Gasteiger partial charge on any atom is -0.305 e. The van der Waals surface area contributed by atoms with E-state index >= 15 is 0 Å². The third-order valence-electron chi connectivity index (χ3n) is 5.73. The molecular weight excluding hydrogens is 403 g/mol. The van der Waals surface area contributed by atoms with Crippen LogP contribution in [-0.4, -0.2) is 29.2 Å². The van der Waals surface area contributed by atoms with E-state index < -0.39 is 21.8 Å². The third kappa shape index (κ3) is 4.12. The summed E-state index contributed by atoms with van der Waals surface area (Å²) in [6, 6.07) is 5.75. The number of hydrogen-bond acceptors (Lipinski definition) is 3. The van der Waals surface area contributed by atoms with Crippen LogP contribution in [0.15, 0.2) is 33.5 Å². The van der Waals surface area contributed by atoms with E-state index in [1.54, 1.807) is 6.07 Å². The van der Waals surface area contributed by atoms with Crippen molar-refractivity contribution in [3.8, 4) is 0 Å². The predicted octanol–water partition coefficient (Wildman–Crippen LogP) is 3.80. The summed E-state index contributed by atoms with van der Waals surface area (Å²) >= 11 is 0. The number of fused-ring (bicyclic) bond motifs is 2. The topological polar surface area (TPSA) is 87.8 Å². The van der Waals surface area contributed by atoms with Crippen LogP contribution in [0.3, 0.4) is 0 Å². The van der Waals surface area contributed by atoms with Gasteiger partial charge in [-0.2, -0.15) is 0 Å². The van der Waals surface area contributed by atoms with E-state index in [-0.39, 0.29) is 4.90 Å². The van der Waals surface area contributed by atoms with Crippen molar-refractivity contribution in [2.24, 2.45) is 9.50 Å². The number of carbonyl (C=O) groups excluding carboxylic acids is 1. The fraction of sp³-hybridized carbons (Fsp3) is 0.409. The zero-order chi connectivity index (χ0) is 21.5. The molecule has 0 aliphatic heterocycles. The molecule has 2 aromatic carbocycles. The van der Waals surface area contributed by atoms with Gasteiger partial charge in [-0.05, 0) is 92.6 Å². The number of anilines is 1. The molecule has 8 heteroatoms. The van der Waals surface area contributed by atoms with Crippen LogP contribution in [0, 0.1) is 5.82 Å². The number of nitrogens with one attached hydrogen (secondary N) is 1. The second-order valence-electron chi connectivity index (χ2n) is 8.33. The largest absolute Gasteiger partial charge is 0.354 e. The molecule has 0 aromatic heterocycles. The molecule has 2 amide bonds. The number of nitrogens with two attached hydrogens (primary N) is 1. The van der Waals surface area contributed by atoms with Gasteiger partial charge in [-0.1, -0.05) is 12.1 Å². The summed E-state index contributed by atoms with van der Waals surface area (Å²) < 4.78 is 31.2. The molecule has 0 radical (unpaired) electrons. The highest BCUT2D eigenvalue weighted by Crippen LogP contribution is 2.38. The summed E-state index contributed by atoms with van der Waals surface area (Å²) in [6.45, 7) is 0.533. The number of nitrogens with zero attached hydrogens (tertiary/aromatic N) is 2. The average Bonchev–Trinajstić information content (AvgIpc) is 3.29. The maximum absolute atomic E-state index is 14.6. The standard InChI is InChI=1S/C22H27FN4O2S/c1-27(2)13-14-9-10-20(19(23)11-14)30(24,29)26-22(28)25-21-17-7-3-5-15(17)12-16-6-4-8-18(16)21/h9-12H,3-8,13H2,1-2H3,(H3,24,25,26,28,29)/t30-/m1/s1. The van der Waals surface area contributed by atoms with E-state index in [9.17, 15) is 13.4 Å². The number of benzene rings is 2. The van der Waals surface area contributed by atoms with Crippen molar-refractivity contribution < 1.29 is 13.4 Å². The number of amides is 2. The number of aryl methyl sites for hydroxylation is 2. The van der Waals surface area contributed by atoms with Gasteiger partial charge in [-0.3, -0.25) is 0 Å². The van der Waals surface area contributed by atoms with Crippen molar-refractivity contribution in [3.05, 3.63) is 57.9 Å². The van der Waals surface area contributed by atoms with Crippen LogP contribution in [0.1, 0.15) is 40.7 Å². The molecule has 2 aromatic rings. The average molecular weight is 431 g/mol. The second-order valence-corrected chi connectivity index (χ2v) is 10.1. The number of rotatable bonds is 4. The van der Waals surface area contributed by atoms with Gasteiger partial charge in [0.05, 0.1) is 4.90 Å². The van der Waals surface area contributed by atoms with Gasteiger partial charge in [0.15, 0.2) is 0 Å². The van der Waals surface area contributed by atoms with E-state index in [0.717, 1.165) is 60.9 Å². The van der Waals surface area contributed by atoms with E-state index in [1.165, 1.54) is 23.3 Å². The number of halogens is 1. The first kappa shape index (κ1) is 21.0. The van der Waals surface area contributed by atoms with Crippen LogP contribution in [0.4, 0.5) is 14.9 Å². The van der Waals surface area contributed by atoms with Crippen LogP contribution < -0.4 is 10.5 Å². The molecule has 0 fully saturated rings. The highest BCUT2D eigenvalue weighted by Gasteiger charge is 2.25. The molecule has 1 atom stereocenters. The molecule has 4 rings (SSSR count). The normalized spacial score (nSPS) is 16.8. The number of urea groups is 1. The summed E-state index contributed by atoms with van der Waals surface area (Å²) in [5.41, 5.74) is 6.33. The fourth-order valence-electron chi connectivity index (χ4n) is 4.51. The van der Waals surface area contributed by atoms with Crippen molar-refractivity contribution in [2.45, 2.75) is 50.0 Å². The summed E-state index contributed by atoms with van der Waals surface area (Å²) in [7, 11) is 0.0301.